The second kappa shape index (κ2) is 8.81. The highest BCUT2D eigenvalue weighted by Gasteiger charge is 2.16. The van der Waals surface area contributed by atoms with Gasteiger partial charge in [0.2, 0.25) is 0 Å². The maximum Gasteiger partial charge on any atom is 0.316 e. The number of aromatic nitrogens is 1. The Balaban J connectivity index is 1.71. The summed E-state index contributed by atoms with van der Waals surface area (Å²) in [6.07, 6.45) is 1.88. The fourth-order valence-corrected chi connectivity index (χ4v) is 3.50. The van der Waals surface area contributed by atoms with E-state index in [4.69, 9.17) is 9.83 Å². The predicted octanol–water partition coefficient (Wildman–Crippen LogP) is 4.47. The summed E-state index contributed by atoms with van der Waals surface area (Å²) in [4.78, 5) is 21.5. The lowest BCUT2D eigenvalue weighted by Gasteiger charge is -2.07. The fourth-order valence-electron chi connectivity index (χ4n) is 3.50. The summed E-state index contributed by atoms with van der Waals surface area (Å²) in [5.41, 5.74) is 6.37. The Hall–Kier alpha value is -3.97. The zero-order chi connectivity index (χ0) is 21.8. The number of benzene rings is 3. The molecule has 0 fully saturated rings. The molecule has 3 aromatic carbocycles. The van der Waals surface area contributed by atoms with Crippen molar-refractivity contribution in [2.24, 2.45) is 12.0 Å². The minimum absolute atomic E-state index is 0.431. The topological polar surface area (TPSA) is 75.2 Å². The summed E-state index contributed by atoms with van der Waals surface area (Å²) in [6, 6.07) is 23.4. The largest absolute Gasteiger partial charge is 0.353 e. The maximum absolute atomic E-state index is 11.6. The molecule has 0 bridgehead atoms. The summed E-state index contributed by atoms with van der Waals surface area (Å²) in [7, 11) is 5.39. The van der Waals surface area contributed by atoms with Gasteiger partial charge in [-0.25, -0.2) is 4.84 Å². The second-order valence-electron chi connectivity index (χ2n) is 7.09. The number of para-hydroxylation sites is 1. The molecule has 4 aromatic rings. The molecule has 156 valence electrons. The molecular formula is C24H25N5O2+2. The molecular weight excluding hydrogens is 390 g/mol. The number of anilines is 2. The molecule has 0 spiro atoms. The molecule has 3 N–H and O–H groups in total. The highest BCUT2D eigenvalue weighted by Crippen LogP contribution is 2.32. The molecule has 0 saturated carbocycles. The summed E-state index contributed by atoms with van der Waals surface area (Å²) in [5, 5.41) is 6.65. The number of aliphatic imine (C=N–C) groups is 1. The van der Waals surface area contributed by atoms with Gasteiger partial charge < -0.3 is 15.2 Å². The van der Waals surface area contributed by atoms with Gasteiger partial charge in [0.05, 0.1) is 40.8 Å². The molecule has 1 aromatic heterocycles. The number of rotatable bonds is 7. The Morgan fingerprint density at radius 1 is 1.03 bits per heavy atom. The van der Waals surface area contributed by atoms with Gasteiger partial charge in [0.15, 0.2) is 7.11 Å². The summed E-state index contributed by atoms with van der Waals surface area (Å²) in [6.45, 7) is 0. The lowest BCUT2D eigenvalue weighted by molar-refractivity contribution is -0.736. The van der Waals surface area contributed by atoms with Crippen LogP contribution in [0.15, 0.2) is 77.8 Å². The van der Waals surface area contributed by atoms with Crippen LogP contribution in [0.1, 0.15) is 5.69 Å². The highest BCUT2D eigenvalue weighted by atomic mass is 16.8. The quantitative estimate of drug-likeness (QED) is 0.266. The van der Waals surface area contributed by atoms with Crippen LogP contribution >= 0.6 is 0 Å². The Labute approximate surface area is 180 Å². The average Bonchev–Trinajstić information content (AvgIpc) is 3.09. The number of quaternary nitrogens is 1. The number of aryl methyl sites for hydroxylation is 1. The molecule has 0 saturated heterocycles. The molecule has 0 radical (unpaired) electrons. The molecule has 7 heteroatoms. The van der Waals surface area contributed by atoms with Crippen LogP contribution in [0.5, 0.6) is 0 Å². The van der Waals surface area contributed by atoms with Gasteiger partial charge in [-0.2, -0.15) is 0 Å². The van der Waals surface area contributed by atoms with E-state index in [1.165, 1.54) is 12.8 Å². The van der Waals surface area contributed by atoms with E-state index in [0.717, 1.165) is 33.7 Å². The van der Waals surface area contributed by atoms with Gasteiger partial charge in [0.1, 0.15) is 5.69 Å². The highest BCUT2D eigenvalue weighted by molar-refractivity contribution is 6.05. The van der Waals surface area contributed by atoms with Crippen LogP contribution in [-0.4, -0.2) is 29.9 Å². The van der Waals surface area contributed by atoms with E-state index in [0.29, 0.717) is 10.6 Å². The Bertz CT molecular complexity index is 1240. The van der Waals surface area contributed by atoms with Crippen molar-refractivity contribution in [3.63, 3.8) is 0 Å². The van der Waals surface area contributed by atoms with Crippen molar-refractivity contribution in [2.45, 2.75) is 0 Å². The van der Waals surface area contributed by atoms with Crippen molar-refractivity contribution in [1.29, 1.82) is 0 Å². The number of nitrogens with two attached hydrogens (primary N) is 1. The lowest BCUT2D eigenvalue weighted by Crippen LogP contribution is -2.72. The average molecular weight is 415 g/mol. The third-order valence-corrected chi connectivity index (χ3v) is 5.23. The zero-order valence-corrected chi connectivity index (χ0v) is 17.7. The van der Waals surface area contributed by atoms with Crippen LogP contribution in [-0.2, 0) is 11.9 Å². The maximum atomic E-state index is 11.6. The fraction of sp³-hybridized carbons (Fsp3) is 0.125. The van der Waals surface area contributed by atoms with E-state index in [1.54, 1.807) is 12.1 Å². The van der Waals surface area contributed by atoms with Crippen molar-refractivity contribution < 1.29 is 15.1 Å². The molecule has 0 atom stereocenters. The zero-order valence-electron chi connectivity index (χ0n) is 17.7. The number of fused-ring (bicyclic) bond motifs is 1. The van der Waals surface area contributed by atoms with Crippen molar-refractivity contribution in [3.8, 4) is 0 Å². The molecule has 31 heavy (non-hydrogen) atoms. The van der Waals surface area contributed by atoms with E-state index < -0.39 is 0 Å². The van der Waals surface area contributed by atoms with Gasteiger partial charge >= 0.3 is 5.69 Å². The smallest absolute Gasteiger partial charge is 0.316 e. The third kappa shape index (κ3) is 4.17. The van der Waals surface area contributed by atoms with Crippen molar-refractivity contribution in [1.82, 2.24) is 4.57 Å². The van der Waals surface area contributed by atoms with Crippen LogP contribution in [0.4, 0.5) is 28.4 Å². The van der Waals surface area contributed by atoms with E-state index in [1.807, 2.05) is 68.8 Å². The van der Waals surface area contributed by atoms with Gasteiger partial charge in [-0.1, -0.05) is 18.2 Å². The van der Waals surface area contributed by atoms with Gasteiger partial charge in [-0.3, -0.25) is 4.99 Å². The van der Waals surface area contributed by atoms with Crippen molar-refractivity contribution >= 4 is 45.6 Å². The van der Waals surface area contributed by atoms with Crippen LogP contribution in [0.3, 0.4) is 0 Å². The molecule has 0 aliphatic carbocycles. The van der Waals surface area contributed by atoms with E-state index >= 15 is 0 Å². The van der Waals surface area contributed by atoms with Crippen molar-refractivity contribution in [2.75, 3.05) is 19.5 Å². The standard InChI is InChI=1S/C24H24N5O2/c1-25-17-8-10-18(11-9-17)26-16-23-24(21-6-4-5-7-22(21)28(23)2)27-19-12-14-20(15-13-19)29(30)31-3/h4-16,25,27H,1-3H3/q+1/p+1. The lowest BCUT2D eigenvalue weighted by atomic mass is 10.2. The number of nitrogens with one attached hydrogen (secondary N) is 1. The van der Waals surface area contributed by atoms with Crippen molar-refractivity contribution in [3.05, 3.63) is 83.4 Å². The summed E-state index contributed by atoms with van der Waals surface area (Å²) in [5.74, 6) is 0. The molecule has 0 aliphatic rings. The van der Waals surface area contributed by atoms with Gasteiger partial charge in [-0.15, -0.1) is 0 Å². The first kappa shape index (κ1) is 20.3. The van der Waals surface area contributed by atoms with Gasteiger partial charge in [0, 0.05) is 42.4 Å². The Morgan fingerprint density at radius 3 is 2.42 bits per heavy atom. The molecule has 0 amide bonds. The SMILES string of the molecule is C[NH2+]c1ccc(N=Cc2c(Nc3ccc([N+](=O)OC)cc3)c3ccccc3n2C)cc1. The second-order valence-corrected chi connectivity index (χ2v) is 7.09. The first-order valence-corrected chi connectivity index (χ1v) is 10.00. The molecule has 1 heterocycles. The third-order valence-electron chi connectivity index (χ3n) is 5.23. The van der Waals surface area contributed by atoms with Crippen LogP contribution < -0.4 is 10.6 Å². The molecule has 7 nitrogen and oxygen atoms in total. The predicted molar refractivity (Wildman–Crippen MR) is 124 cm³/mol. The normalized spacial score (nSPS) is 11.2. The summed E-state index contributed by atoms with van der Waals surface area (Å²) < 4.78 is 2.12. The van der Waals surface area contributed by atoms with Gasteiger partial charge in [-0.05, 0) is 30.3 Å². The first-order chi connectivity index (χ1) is 15.1. The van der Waals surface area contributed by atoms with Crippen LogP contribution in [0.25, 0.3) is 10.9 Å². The molecule has 0 aliphatic heterocycles. The minimum atomic E-state index is 0.431. The van der Waals surface area contributed by atoms with Gasteiger partial charge in [0.25, 0.3) is 4.92 Å². The molecule has 0 unspecified atom stereocenters. The van der Waals surface area contributed by atoms with E-state index in [2.05, 4.69) is 27.3 Å². The minimum Gasteiger partial charge on any atom is -0.353 e. The van der Waals surface area contributed by atoms with E-state index in [-0.39, 0.29) is 0 Å². The number of hydrogen-bond acceptors (Lipinski definition) is 4. The Morgan fingerprint density at radius 2 is 1.74 bits per heavy atom. The van der Waals surface area contributed by atoms with Crippen LogP contribution in [0, 0.1) is 4.91 Å². The van der Waals surface area contributed by atoms with Crippen LogP contribution in [0.2, 0.25) is 0 Å². The summed E-state index contributed by atoms with van der Waals surface area (Å²) >= 11 is 0. The Kier molecular flexibility index (Phi) is 5.77. The monoisotopic (exact) mass is 415 g/mol. The number of nitrogens with zero attached hydrogens (tertiary/aromatic N) is 3. The first-order valence-electron chi connectivity index (χ1n) is 10.00. The van der Waals surface area contributed by atoms with E-state index in [9.17, 15) is 4.91 Å². The number of hydrogen-bond donors (Lipinski definition) is 2. The molecule has 4 rings (SSSR count).